The first-order valence-electron chi connectivity index (χ1n) is 9.94. The lowest BCUT2D eigenvalue weighted by atomic mass is 9.99. The summed E-state index contributed by atoms with van der Waals surface area (Å²) < 4.78 is 71.6. The minimum absolute atomic E-state index is 0.112. The summed E-state index contributed by atoms with van der Waals surface area (Å²) in [5.41, 5.74) is 0.718. The van der Waals surface area contributed by atoms with Gasteiger partial charge in [-0.05, 0) is 36.3 Å². The molecule has 2 aromatic rings. The fourth-order valence-corrected chi connectivity index (χ4v) is 4.32. The van der Waals surface area contributed by atoms with Crippen molar-refractivity contribution < 1.29 is 31.5 Å². The molecule has 12 heteroatoms. The fourth-order valence-electron chi connectivity index (χ4n) is 3.50. The highest BCUT2D eigenvalue weighted by atomic mass is 32.2. The van der Waals surface area contributed by atoms with Crippen molar-refractivity contribution in [3.05, 3.63) is 35.7 Å². The van der Waals surface area contributed by atoms with Gasteiger partial charge in [0.15, 0.2) is 0 Å². The number of hydrogen-bond acceptors (Lipinski definition) is 6. The molecule has 1 aliphatic heterocycles. The zero-order valence-electron chi connectivity index (χ0n) is 17.2. The number of thioether (sulfide) groups is 1. The number of alkyl halides is 5. The Morgan fingerprint density at radius 2 is 2.00 bits per heavy atom. The van der Waals surface area contributed by atoms with E-state index in [1.54, 1.807) is 6.20 Å². The molecule has 1 amide bonds. The third-order valence-corrected chi connectivity index (χ3v) is 6.43. The van der Waals surface area contributed by atoms with Gasteiger partial charge in [-0.15, -0.1) is 11.8 Å². The molecule has 3 heterocycles. The largest absolute Gasteiger partial charge is 0.444 e. The van der Waals surface area contributed by atoms with E-state index in [9.17, 15) is 32.0 Å². The maximum Gasteiger partial charge on any atom is 0.417 e. The molecule has 1 fully saturated rings. The van der Waals surface area contributed by atoms with Gasteiger partial charge in [-0.3, -0.25) is 9.97 Å². The van der Waals surface area contributed by atoms with Crippen LogP contribution in [0, 0.1) is 11.3 Å². The van der Waals surface area contributed by atoms with Crippen LogP contribution in [0.15, 0.2) is 29.4 Å². The smallest absolute Gasteiger partial charge is 0.417 e. The normalized spacial score (nSPS) is 17.9. The summed E-state index contributed by atoms with van der Waals surface area (Å²) >= 11 is 1.46. The Balaban J connectivity index is 1.73. The zero-order chi connectivity index (χ0) is 24.0. The number of carbonyl (C=O) groups excluding carboxylic acids is 1. The monoisotopic (exact) mass is 484 g/mol. The molecule has 0 bridgehead atoms. The van der Waals surface area contributed by atoms with E-state index in [4.69, 9.17) is 4.74 Å². The molecule has 2 aromatic heterocycles. The fraction of sp³-hybridized carbons (Fsp3) is 0.429. The minimum Gasteiger partial charge on any atom is -0.444 e. The lowest BCUT2D eigenvalue weighted by Crippen LogP contribution is -2.53. The molecule has 1 saturated carbocycles. The van der Waals surface area contributed by atoms with E-state index in [1.807, 2.05) is 13.0 Å². The summed E-state index contributed by atoms with van der Waals surface area (Å²) in [5, 5.41) is 9.46. The highest BCUT2D eigenvalue weighted by Gasteiger charge is 2.55. The van der Waals surface area contributed by atoms with Crippen molar-refractivity contribution in [2.24, 2.45) is 0 Å². The lowest BCUT2D eigenvalue weighted by Gasteiger charge is -2.34. The van der Waals surface area contributed by atoms with E-state index in [1.165, 1.54) is 17.8 Å². The van der Waals surface area contributed by atoms with Crippen LogP contribution in [0.5, 0.6) is 0 Å². The van der Waals surface area contributed by atoms with Gasteiger partial charge in [0.05, 0.1) is 29.1 Å². The van der Waals surface area contributed by atoms with Crippen molar-refractivity contribution in [3.63, 3.8) is 0 Å². The molecular formula is C21H17F5N4O2S. The summed E-state index contributed by atoms with van der Waals surface area (Å²) in [6.45, 7) is 1.56. The number of hydrogen-bond donors (Lipinski definition) is 0. The van der Waals surface area contributed by atoms with Crippen LogP contribution in [-0.4, -0.2) is 40.5 Å². The number of anilines is 1. The molecule has 1 atom stereocenters. The third-order valence-electron chi connectivity index (χ3n) is 5.52. The van der Waals surface area contributed by atoms with Crippen LogP contribution in [0.3, 0.4) is 0 Å². The van der Waals surface area contributed by atoms with Crippen molar-refractivity contribution >= 4 is 23.5 Å². The van der Waals surface area contributed by atoms with Crippen molar-refractivity contribution in [3.8, 4) is 17.5 Å². The van der Waals surface area contributed by atoms with Gasteiger partial charge in [-0.1, -0.05) is 6.92 Å². The van der Waals surface area contributed by atoms with Crippen LogP contribution >= 0.6 is 11.8 Å². The van der Waals surface area contributed by atoms with Crippen molar-refractivity contribution in [2.45, 2.75) is 55.3 Å². The quantitative estimate of drug-likeness (QED) is 0.295. The van der Waals surface area contributed by atoms with Gasteiger partial charge in [0.25, 0.3) is 6.30 Å². The third kappa shape index (κ3) is 3.99. The van der Waals surface area contributed by atoms with Gasteiger partial charge in [0, 0.05) is 16.7 Å². The average molecular weight is 484 g/mol. The van der Waals surface area contributed by atoms with E-state index in [0.717, 1.165) is 29.5 Å². The van der Waals surface area contributed by atoms with Gasteiger partial charge in [-0.2, -0.15) is 14.0 Å². The number of nitriles is 1. The average Bonchev–Trinajstić information content (AvgIpc) is 3.60. The molecule has 174 valence electrons. The second kappa shape index (κ2) is 8.44. The minimum atomic E-state index is -5.10. The van der Waals surface area contributed by atoms with Crippen molar-refractivity contribution in [2.75, 3.05) is 10.7 Å². The maximum atomic E-state index is 14.4. The van der Waals surface area contributed by atoms with Crippen LogP contribution in [0.2, 0.25) is 0 Å². The number of amides is 1. The number of fused-ring (bicyclic) bond motifs is 1. The molecule has 0 spiro atoms. The summed E-state index contributed by atoms with van der Waals surface area (Å²) in [4.78, 5) is 21.1. The van der Waals surface area contributed by atoms with E-state index >= 15 is 0 Å². The second-order valence-corrected chi connectivity index (χ2v) is 8.94. The lowest BCUT2D eigenvalue weighted by molar-refractivity contribution is -0.169. The van der Waals surface area contributed by atoms with Gasteiger partial charge in [-0.25, -0.2) is 22.9 Å². The molecule has 0 N–H and O–H groups in total. The topological polar surface area (TPSA) is 79.1 Å². The second-order valence-electron chi connectivity index (χ2n) is 7.63. The Morgan fingerprint density at radius 1 is 1.27 bits per heavy atom. The number of rotatable bonds is 7. The Kier molecular flexibility index (Phi) is 5.94. The number of halogens is 5. The van der Waals surface area contributed by atoms with E-state index in [0.29, 0.717) is 17.1 Å². The van der Waals surface area contributed by atoms with Crippen LogP contribution in [-0.2, 0) is 16.8 Å². The SMILES string of the molecule is CCSc1cc(C2(C#N)CC2)cnc1-c1cc2c(cn1)N(C(F)C(F)(F)C(F)F)C(=O)OC2. The van der Waals surface area contributed by atoms with E-state index in [-0.39, 0.29) is 22.8 Å². The Hall–Kier alpha value is -2.94. The number of nitrogens with zero attached hydrogens (tertiary/aromatic N) is 4. The van der Waals surface area contributed by atoms with Gasteiger partial charge in [0.1, 0.15) is 12.3 Å². The Labute approximate surface area is 189 Å². The number of pyridine rings is 2. The number of aromatic nitrogens is 2. The highest BCUT2D eigenvalue weighted by Crippen LogP contribution is 2.48. The first-order chi connectivity index (χ1) is 15.6. The van der Waals surface area contributed by atoms with Crippen LogP contribution < -0.4 is 4.90 Å². The first-order valence-corrected chi connectivity index (χ1v) is 10.9. The summed E-state index contributed by atoms with van der Waals surface area (Å²) in [6.07, 6.45) is -5.44. The predicted molar refractivity (Wildman–Crippen MR) is 109 cm³/mol. The molecule has 4 rings (SSSR count). The zero-order valence-corrected chi connectivity index (χ0v) is 18.0. The molecule has 2 aliphatic rings. The Morgan fingerprint density at radius 3 is 2.61 bits per heavy atom. The summed E-state index contributed by atoms with van der Waals surface area (Å²) in [7, 11) is 0. The predicted octanol–water partition coefficient (Wildman–Crippen LogP) is 5.46. The standard InChI is InChI=1S/C21H17F5N4O2S/c1-2-33-15-6-12(20(10-27)3-4-20)7-29-16(15)13-5-11-9-32-19(31)30(14(11)8-28-13)18(24)21(25,26)17(22)23/h5-8,17-18H,2-4,9H2,1H3. The summed E-state index contributed by atoms with van der Waals surface area (Å²) in [5.74, 6) is -4.41. The molecule has 6 nitrogen and oxygen atoms in total. The number of ether oxygens (including phenoxy) is 1. The van der Waals surface area contributed by atoms with Crippen LogP contribution in [0.25, 0.3) is 11.4 Å². The molecule has 0 aromatic carbocycles. The summed E-state index contributed by atoms with van der Waals surface area (Å²) in [6, 6.07) is 5.56. The molecule has 0 radical (unpaired) electrons. The molecule has 33 heavy (non-hydrogen) atoms. The van der Waals surface area contributed by atoms with E-state index < -0.39 is 30.2 Å². The van der Waals surface area contributed by atoms with Crippen molar-refractivity contribution in [1.82, 2.24) is 9.97 Å². The number of cyclic esters (lactones) is 1. The highest BCUT2D eigenvalue weighted by molar-refractivity contribution is 7.99. The Bertz CT molecular complexity index is 1140. The molecular weight excluding hydrogens is 467 g/mol. The van der Waals surface area contributed by atoms with E-state index in [2.05, 4.69) is 16.0 Å². The van der Waals surface area contributed by atoms with Crippen LogP contribution in [0.4, 0.5) is 32.4 Å². The van der Waals surface area contributed by atoms with Crippen molar-refractivity contribution in [1.29, 1.82) is 5.26 Å². The maximum absolute atomic E-state index is 14.4. The van der Waals surface area contributed by atoms with Gasteiger partial charge >= 0.3 is 18.4 Å². The number of carbonyl (C=O) groups is 1. The molecule has 0 saturated heterocycles. The van der Waals surface area contributed by atoms with Gasteiger partial charge in [0.2, 0.25) is 0 Å². The first kappa shape index (κ1) is 23.2. The molecule has 1 unspecified atom stereocenters. The van der Waals surface area contributed by atoms with Gasteiger partial charge < -0.3 is 4.74 Å². The van der Waals surface area contributed by atoms with Crippen LogP contribution in [0.1, 0.15) is 30.9 Å². The molecule has 1 aliphatic carbocycles.